The second kappa shape index (κ2) is 7.23. The van der Waals surface area contributed by atoms with Gasteiger partial charge in [-0.15, -0.1) is 10.2 Å². The average Bonchev–Trinajstić information content (AvgIpc) is 2.63. The number of carbonyl (C=O) groups excluding carboxylic acids is 1. The number of carbonyl (C=O) groups is 1. The van der Waals surface area contributed by atoms with Crippen molar-refractivity contribution in [2.75, 3.05) is 7.11 Å². The molecule has 0 aliphatic rings. The first-order valence-corrected chi connectivity index (χ1v) is 7.91. The Morgan fingerprint density at radius 3 is 2.42 bits per heavy atom. The van der Waals surface area contributed by atoms with Crippen molar-refractivity contribution >= 4 is 21.9 Å². The molecule has 0 N–H and O–H groups in total. The fourth-order valence-electron chi connectivity index (χ4n) is 2.08. The van der Waals surface area contributed by atoms with Gasteiger partial charge in [-0.2, -0.15) is 0 Å². The largest absolute Gasteiger partial charge is 0.496 e. The zero-order valence-corrected chi connectivity index (χ0v) is 14.4. The third-order valence-corrected chi connectivity index (χ3v) is 3.91. The van der Waals surface area contributed by atoms with Gasteiger partial charge in [-0.25, -0.2) is 4.79 Å². The molecule has 0 bridgehead atoms. The minimum Gasteiger partial charge on any atom is -0.496 e. The van der Waals surface area contributed by atoms with Gasteiger partial charge in [0.05, 0.1) is 22.8 Å². The van der Waals surface area contributed by atoms with Crippen LogP contribution in [0.4, 0.5) is 0 Å². The van der Waals surface area contributed by atoms with Crippen LogP contribution in [0.1, 0.15) is 10.4 Å². The molecule has 0 unspecified atom stereocenters. The third-order valence-electron chi connectivity index (χ3n) is 3.29. The number of hydrogen-bond donors (Lipinski definition) is 0. The highest BCUT2D eigenvalue weighted by molar-refractivity contribution is 9.10. The lowest BCUT2D eigenvalue weighted by Gasteiger charge is -2.06. The van der Waals surface area contributed by atoms with E-state index in [1.807, 2.05) is 30.3 Å². The molecule has 1 aromatic heterocycles. The maximum Gasteiger partial charge on any atom is 0.344 e. The lowest BCUT2D eigenvalue weighted by atomic mass is 10.1. The fourth-order valence-corrected chi connectivity index (χ4v) is 2.63. The van der Waals surface area contributed by atoms with Crippen molar-refractivity contribution in [2.24, 2.45) is 0 Å². The van der Waals surface area contributed by atoms with Crippen molar-refractivity contribution in [1.82, 2.24) is 10.2 Å². The summed E-state index contributed by atoms with van der Waals surface area (Å²) in [5, 5.41) is 8.03. The summed E-state index contributed by atoms with van der Waals surface area (Å²) in [5.41, 5.74) is 2.04. The van der Waals surface area contributed by atoms with E-state index in [-0.39, 0.29) is 5.88 Å². The van der Waals surface area contributed by atoms with Gasteiger partial charge in [-0.1, -0.05) is 30.3 Å². The molecule has 24 heavy (non-hydrogen) atoms. The van der Waals surface area contributed by atoms with E-state index in [2.05, 4.69) is 26.1 Å². The zero-order valence-electron chi connectivity index (χ0n) is 12.8. The molecule has 0 radical (unpaired) electrons. The Balaban J connectivity index is 1.74. The second-order valence-corrected chi connectivity index (χ2v) is 5.72. The minimum atomic E-state index is -0.514. The normalized spacial score (nSPS) is 10.2. The van der Waals surface area contributed by atoms with E-state index in [1.165, 1.54) is 0 Å². The van der Waals surface area contributed by atoms with Crippen LogP contribution in [0, 0.1) is 0 Å². The van der Waals surface area contributed by atoms with Crippen molar-refractivity contribution in [2.45, 2.75) is 0 Å². The topological polar surface area (TPSA) is 61.3 Å². The van der Waals surface area contributed by atoms with E-state index in [1.54, 1.807) is 37.4 Å². The Bertz CT molecular complexity index is 852. The summed E-state index contributed by atoms with van der Waals surface area (Å²) in [6.07, 6.45) is 0. The molecular formula is C18H13BrN2O3. The Morgan fingerprint density at radius 1 is 1.00 bits per heavy atom. The molecule has 2 aromatic carbocycles. The van der Waals surface area contributed by atoms with Gasteiger partial charge in [0.15, 0.2) is 0 Å². The Hall–Kier alpha value is -2.73. The Kier molecular flexibility index (Phi) is 4.86. The number of rotatable bonds is 4. The van der Waals surface area contributed by atoms with Gasteiger partial charge in [0.1, 0.15) is 5.75 Å². The van der Waals surface area contributed by atoms with Gasteiger partial charge < -0.3 is 9.47 Å². The predicted molar refractivity (Wildman–Crippen MR) is 93.1 cm³/mol. The van der Waals surface area contributed by atoms with Crippen molar-refractivity contribution in [3.05, 3.63) is 70.7 Å². The van der Waals surface area contributed by atoms with Crippen LogP contribution in [0.25, 0.3) is 11.3 Å². The summed E-state index contributed by atoms with van der Waals surface area (Å²) < 4.78 is 11.0. The maximum atomic E-state index is 12.2. The molecule has 6 heteroatoms. The Morgan fingerprint density at radius 2 is 1.79 bits per heavy atom. The third kappa shape index (κ3) is 3.60. The first-order valence-electron chi connectivity index (χ1n) is 7.12. The Labute approximate surface area is 147 Å². The SMILES string of the molecule is COc1ccc(C(=O)Oc2ccc(-c3ccccc3)nn2)cc1Br. The highest BCUT2D eigenvalue weighted by Gasteiger charge is 2.12. The van der Waals surface area contributed by atoms with Crippen molar-refractivity contribution < 1.29 is 14.3 Å². The zero-order chi connectivity index (χ0) is 16.9. The molecule has 0 saturated carbocycles. The highest BCUT2D eigenvalue weighted by atomic mass is 79.9. The van der Waals surface area contributed by atoms with Gasteiger partial charge in [0.2, 0.25) is 5.88 Å². The molecule has 0 saturated heterocycles. The lowest BCUT2D eigenvalue weighted by Crippen LogP contribution is -2.10. The molecule has 0 amide bonds. The first kappa shape index (κ1) is 16.1. The number of benzene rings is 2. The van der Waals surface area contributed by atoms with Crippen LogP contribution in [0.5, 0.6) is 11.6 Å². The molecule has 3 aromatic rings. The van der Waals surface area contributed by atoms with Crippen molar-refractivity contribution in [3.8, 4) is 22.9 Å². The fraction of sp³-hybridized carbons (Fsp3) is 0.0556. The summed E-state index contributed by atoms with van der Waals surface area (Å²) in [7, 11) is 1.56. The van der Waals surface area contributed by atoms with Gasteiger partial charge in [-0.05, 0) is 40.2 Å². The number of methoxy groups -OCH3 is 1. The van der Waals surface area contributed by atoms with Gasteiger partial charge in [-0.3, -0.25) is 0 Å². The average molecular weight is 385 g/mol. The molecule has 3 rings (SSSR count). The van der Waals surface area contributed by atoms with Crippen molar-refractivity contribution in [3.63, 3.8) is 0 Å². The van der Waals surface area contributed by atoms with E-state index in [4.69, 9.17) is 9.47 Å². The first-order chi connectivity index (χ1) is 11.7. The second-order valence-electron chi connectivity index (χ2n) is 4.86. The molecule has 0 aliphatic carbocycles. The number of hydrogen-bond acceptors (Lipinski definition) is 5. The smallest absolute Gasteiger partial charge is 0.344 e. The van der Waals surface area contributed by atoms with Crippen LogP contribution in [0.2, 0.25) is 0 Å². The lowest BCUT2D eigenvalue weighted by molar-refractivity contribution is 0.0725. The number of ether oxygens (including phenoxy) is 2. The van der Waals surface area contributed by atoms with Gasteiger partial charge in [0.25, 0.3) is 0 Å². The van der Waals surface area contributed by atoms with E-state index >= 15 is 0 Å². The van der Waals surface area contributed by atoms with Gasteiger partial charge >= 0.3 is 5.97 Å². The molecule has 0 atom stereocenters. The van der Waals surface area contributed by atoms with E-state index < -0.39 is 5.97 Å². The molecule has 0 aliphatic heterocycles. The van der Waals surface area contributed by atoms with Crippen molar-refractivity contribution in [1.29, 1.82) is 0 Å². The molecule has 1 heterocycles. The number of nitrogens with zero attached hydrogens (tertiary/aromatic N) is 2. The van der Waals surface area contributed by atoms with Crippen LogP contribution in [0.3, 0.4) is 0 Å². The van der Waals surface area contributed by atoms with Crippen LogP contribution in [-0.2, 0) is 0 Å². The number of esters is 1. The quantitative estimate of drug-likeness (QED) is 0.632. The summed E-state index contributed by atoms with van der Waals surface area (Å²) in [6, 6.07) is 18.0. The van der Waals surface area contributed by atoms with E-state index in [0.29, 0.717) is 21.5 Å². The summed E-state index contributed by atoms with van der Waals surface area (Å²) >= 11 is 3.34. The number of aromatic nitrogens is 2. The molecule has 0 spiro atoms. The van der Waals surface area contributed by atoms with Crippen LogP contribution < -0.4 is 9.47 Å². The maximum absolute atomic E-state index is 12.2. The van der Waals surface area contributed by atoms with Gasteiger partial charge in [0, 0.05) is 11.6 Å². The van der Waals surface area contributed by atoms with Crippen LogP contribution >= 0.6 is 15.9 Å². The highest BCUT2D eigenvalue weighted by Crippen LogP contribution is 2.26. The predicted octanol–water partition coefficient (Wildman–Crippen LogP) is 4.13. The number of halogens is 1. The van der Waals surface area contributed by atoms with Crippen LogP contribution in [0.15, 0.2) is 65.1 Å². The standard InChI is InChI=1S/C18H13BrN2O3/c1-23-16-9-7-13(11-14(16)19)18(22)24-17-10-8-15(20-21-17)12-5-3-2-4-6-12/h2-11H,1H3. The van der Waals surface area contributed by atoms with E-state index in [9.17, 15) is 4.79 Å². The molecule has 120 valence electrons. The molecular weight excluding hydrogens is 372 g/mol. The summed E-state index contributed by atoms with van der Waals surface area (Å²) in [6.45, 7) is 0. The minimum absolute atomic E-state index is 0.145. The summed E-state index contributed by atoms with van der Waals surface area (Å²) in [4.78, 5) is 12.2. The van der Waals surface area contributed by atoms with E-state index in [0.717, 1.165) is 5.56 Å². The molecule has 0 fully saturated rings. The summed E-state index contributed by atoms with van der Waals surface area (Å²) in [5.74, 6) is 0.269. The molecule has 5 nitrogen and oxygen atoms in total. The monoisotopic (exact) mass is 384 g/mol. The van der Waals surface area contributed by atoms with Crippen LogP contribution in [-0.4, -0.2) is 23.3 Å².